The molecule has 0 saturated carbocycles. The van der Waals surface area contributed by atoms with E-state index in [4.69, 9.17) is 9.63 Å². The van der Waals surface area contributed by atoms with Crippen molar-refractivity contribution in [2.24, 2.45) is 0 Å². The predicted molar refractivity (Wildman–Crippen MR) is 75.0 cm³/mol. The number of aliphatic hydroxyl groups is 1. The van der Waals surface area contributed by atoms with E-state index in [9.17, 15) is 13.2 Å². The van der Waals surface area contributed by atoms with E-state index in [1.54, 1.807) is 6.07 Å². The molecule has 7 heteroatoms. The van der Waals surface area contributed by atoms with Crippen molar-refractivity contribution in [1.82, 2.24) is 10.1 Å². The van der Waals surface area contributed by atoms with Gasteiger partial charge in [-0.25, -0.2) is 0 Å². The number of halogens is 3. The van der Waals surface area contributed by atoms with Gasteiger partial charge < -0.3 is 9.63 Å². The van der Waals surface area contributed by atoms with E-state index < -0.39 is 12.7 Å². The van der Waals surface area contributed by atoms with Gasteiger partial charge in [0.2, 0.25) is 0 Å². The molecule has 0 fully saturated rings. The molecule has 120 valence electrons. The van der Waals surface area contributed by atoms with Crippen LogP contribution >= 0.6 is 0 Å². The van der Waals surface area contributed by atoms with Gasteiger partial charge in [-0.15, -0.1) is 0 Å². The van der Waals surface area contributed by atoms with Crippen LogP contribution in [0.2, 0.25) is 0 Å². The van der Waals surface area contributed by atoms with Gasteiger partial charge in [-0.2, -0.15) is 13.2 Å². The highest BCUT2D eigenvalue weighted by Gasteiger charge is 2.31. The van der Waals surface area contributed by atoms with Crippen LogP contribution in [0, 0.1) is 0 Å². The van der Waals surface area contributed by atoms with Crippen molar-refractivity contribution >= 4 is 0 Å². The summed E-state index contributed by atoms with van der Waals surface area (Å²) >= 11 is 0. The largest absolute Gasteiger partial charge is 0.401 e. The van der Waals surface area contributed by atoms with Crippen molar-refractivity contribution in [2.45, 2.75) is 19.1 Å². The molecule has 0 aliphatic rings. The molecular weight excluding hydrogens is 297 g/mol. The molecule has 0 atom stereocenters. The van der Waals surface area contributed by atoms with Crippen LogP contribution in [0.3, 0.4) is 0 Å². The number of rotatable bonds is 7. The number of alkyl halides is 3. The van der Waals surface area contributed by atoms with Crippen LogP contribution in [-0.2, 0) is 6.54 Å². The molecule has 0 radical (unpaired) electrons. The first-order valence-electron chi connectivity index (χ1n) is 6.89. The molecule has 0 aliphatic heterocycles. The number of benzene rings is 1. The second kappa shape index (κ2) is 7.42. The fourth-order valence-electron chi connectivity index (χ4n) is 2.11. The Kier molecular flexibility index (Phi) is 5.57. The van der Waals surface area contributed by atoms with E-state index in [0.717, 1.165) is 5.56 Å². The standard InChI is InChI=1S/C15H17F3N2O2/c16-15(17,18)11-20(7-4-8-21)10-13-9-14(19-22-13)12-5-2-1-3-6-12/h1-3,5-6,9,21H,4,7-8,10-11H2. The minimum atomic E-state index is -4.29. The number of aromatic nitrogens is 1. The van der Waals surface area contributed by atoms with Crippen LogP contribution in [0.25, 0.3) is 11.3 Å². The van der Waals surface area contributed by atoms with Crippen molar-refractivity contribution in [3.63, 3.8) is 0 Å². The van der Waals surface area contributed by atoms with Crippen molar-refractivity contribution in [3.05, 3.63) is 42.2 Å². The predicted octanol–water partition coefficient (Wildman–Crippen LogP) is 3.09. The minimum absolute atomic E-state index is 0.000651. The van der Waals surface area contributed by atoms with Gasteiger partial charge in [-0.05, 0) is 6.42 Å². The van der Waals surface area contributed by atoms with Gasteiger partial charge in [0.05, 0.1) is 13.1 Å². The molecule has 0 saturated heterocycles. The Morgan fingerprint density at radius 2 is 1.91 bits per heavy atom. The Morgan fingerprint density at radius 1 is 1.18 bits per heavy atom. The van der Waals surface area contributed by atoms with E-state index in [0.29, 0.717) is 11.5 Å². The third-order valence-electron chi connectivity index (χ3n) is 3.04. The fraction of sp³-hybridized carbons (Fsp3) is 0.400. The first-order chi connectivity index (χ1) is 10.5. The van der Waals surface area contributed by atoms with Gasteiger partial charge >= 0.3 is 6.18 Å². The first kappa shape index (κ1) is 16.5. The normalized spacial score (nSPS) is 12.0. The summed E-state index contributed by atoms with van der Waals surface area (Å²) in [6.07, 6.45) is -4.02. The summed E-state index contributed by atoms with van der Waals surface area (Å²) in [4.78, 5) is 1.19. The summed E-state index contributed by atoms with van der Waals surface area (Å²) in [6.45, 7) is -1.06. The Balaban J connectivity index is 2.05. The number of hydrogen-bond acceptors (Lipinski definition) is 4. The van der Waals surface area contributed by atoms with Gasteiger partial charge in [-0.3, -0.25) is 4.90 Å². The molecular formula is C15H17F3N2O2. The molecule has 1 aromatic carbocycles. The molecule has 0 amide bonds. The maximum atomic E-state index is 12.6. The smallest absolute Gasteiger partial charge is 0.396 e. The highest BCUT2D eigenvalue weighted by Crippen LogP contribution is 2.21. The highest BCUT2D eigenvalue weighted by molar-refractivity contribution is 5.58. The third kappa shape index (κ3) is 5.16. The van der Waals surface area contributed by atoms with Crippen LogP contribution in [-0.4, -0.2) is 41.0 Å². The number of aliphatic hydroxyl groups excluding tert-OH is 1. The number of nitrogens with zero attached hydrogens (tertiary/aromatic N) is 2. The van der Waals surface area contributed by atoms with Crippen LogP contribution < -0.4 is 0 Å². The summed E-state index contributed by atoms with van der Waals surface area (Å²) < 4.78 is 42.8. The van der Waals surface area contributed by atoms with Gasteiger partial charge in [0.15, 0.2) is 5.76 Å². The zero-order valence-corrected chi connectivity index (χ0v) is 11.9. The molecule has 0 aliphatic carbocycles. The van der Waals surface area contributed by atoms with Crippen molar-refractivity contribution < 1.29 is 22.8 Å². The molecule has 2 aromatic rings. The molecule has 2 rings (SSSR count). The average molecular weight is 314 g/mol. The molecule has 1 aromatic heterocycles. The lowest BCUT2D eigenvalue weighted by atomic mass is 10.1. The highest BCUT2D eigenvalue weighted by atomic mass is 19.4. The summed E-state index contributed by atoms with van der Waals surface area (Å²) in [7, 11) is 0. The van der Waals surface area contributed by atoms with Crippen molar-refractivity contribution in [3.8, 4) is 11.3 Å². The van der Waals surface area contributed by atoms with Crippen LogP contribution in [0.5, 0.6) is 0 Å². The molecule has 0 bridgehead atoms. The molecule has 1 heterocycles. The second-order valence-corrected chi connectivity index (χ2v) is 4.95. The Hall–Kier alpha value is -1.86. The maximum Gasteiger partial charge on any atom is 0.401 e. The van der Waals surface area contributed by atoms with Crippen molar-refractivity contribution in [1.29, 1.82) is 0 Å². The summed E-state index contributed by atoms with van der Waals surface area (Å²) in [5.41, 5.74) is 1.43. The Labute approximate surface area is 126 Å². The third-order valence-corrected chi connectivity index (χ3v) is 3.04. The lowest BCUT2D eigenvalue weighted by Crippen LogP contribution is -2.34. The fourth-order valence-corrected chi connectivity index (χ4v) is 2.11. The zero-order chi connectivity index (χ0) is 16.0. The minimum Gasteiger partial charge on any atom is -0.396 e. The molecule has 4 nitrogen and oxygen atoms in total. The van der Waals surface area contributed by atoms with Gasteiger partial charge in [0.1, 0.15) is 5.69 Å². The molecule has 0 spiro atoms. The SMILES string of the molecule is OCCCN(Cc1cc(-c2ccccc2)no1)CC(F)(F)F. The van der Waals surface area contributed by atoms with Crippen molar-refractivity contribution in [2.75, 3.05) is 19.7 Å². The van der Waals surface area contributed by atoms with Crippen LogP contribution in [0.4, 0.5) is 13.2 Å². The van der Waals surface area contributed by atoms with E-state index in [1.807, 2.05) is 30.3 Å². The van der Waals surface area contributed by atoms with Gasteiger partial charge in [0.25, 0.3) is 0 Å². The van der Waals surface area contributed by atoms with Gasteiger partial charge in [-0.1, -0.05) is 35.5 Å². The van der Waals surface area contributed by atoms with Crippen LogP contribution in [0.1, 0.15) is 12.2 Å². The second-order valence-electron chi connectivity index (χ2n) is 4.95. The van der Waals surface area contributed by atoms with E-state index >= 15 is 0 Å². The van der Waals surface area contributed by atoms with E-state index in [-0.39, 0.29) is 26.1 Å². The lowest BCUT2D eigenvalue weighted by molar-refractivity contribution is -0.148. The van der Waals surface area contributed by atoms with E-state index in [2.05, 4.69) is 5.16 Å². The topological polar surface area (TPSA) is 49.5 Å². The Bertz CT molecular complexity index is 570. The molecule has 1 N–H and O–H groups in total. The maximum absolute atomic E-state index is 12.6. The van der Waals surface area contributed by atoms with E-state index in [1.165, 1.54) is 4.90 Å². The molecule has 22 heavy (non-hydrogen) atoms. The van der Waals surface area contributed by atoms with Crippen LogP contribution in [0.15, 0.2) is 40.9 Å². The Morgan fingerprint density at radius 3 is 2.55 bits per heavy atom. The molecule has 0 unspecified atom stereocenters. The number of hydrogen-bond donors (Lipinski definition) is 1. The van der Waals surface area contributed by atoms with Gasteiger partial charge in [0, 0.05) is 24.8 Å². The lowest BCUT2D eigenvalue weighted by Gasteiger charge is -2.21. The summed E-state index contributed by atoms with van der Waals surface area (Å²) in [5, 5.41) is 12.7. The quantitative estimate of drug-likeness (QED) is 0.853. The summed E-state index contributed by atoms with van der Waals surface area (Å²) in [5.74, 6) is 0.362. The zero-order valence-electron chi connectivity index (χ0n) is 11.9. The summed E-state index contributed by atoms with van der Waals surface area (Å²) in [6, 6.07) is 10.9. The monoisotopic (exact) mass is 314 g/mol. The first-order valence-corrected chi connectivity index (χ1v) is 6.89. The average Bonchev–Trinajstić information content (AvgIpc) is 2.93.